The second-order valence-electron chi connectivity index (χ2n) is 4.90. The van der Waals surface area contributed by atoms with E-state index in [1.807, 2.05) is 19.9 Å². The molecule has 0 bridgehead atoms. The third kappa shape index (κ3) is 3.15. The van der Waals surface area contributed by atoms with E-state index < -0.39 is 0 Å². The SMILES string of the molecule is CCc1cc(OCC(C)C)c(CC)c(C)c1O. The van der Waals surface area contributed by atoms with Crippen molar-refractivity contribution < 1.29 is 9.84 Å². The summed E-state index contributed by atoms with van der Waals surface area (Å²) in [4.78, 5) is 0. The molecule has 1 N–H and O–H groups in total. The summed E-state index contributed by atoms with van der Waals surface area (Å²) in [5.41, 5.74) is 3.06. The summed E-state index contributed by atoms with van der Waals surface area (Å²) in [6.45, 7) is 11.1. The van der Waals surface area contributed by atoms with E-state index in [-0.39, 0.29) is 0 Å². The number of phenolic OH excluding ortho intramolecular Hbond substituents is 1. The van der Waals surface area contributed by atoms with Crippen molar-refractivity contribution in [3.63, 3.8) is 0 Å². The number of hydrogen-bond acceptors (Lipinski definition) is 2. The van der Waals surface area contributed by atoms with Gasteiger partial charge < -0.3 is 9.84 Å². The van der Waals surface area contributed by atoms with Gasteiger partial charge in [0, 0.05) is 5.56 Å². The van der Waals surface area contributed by atoms with Crippen molar-refractivity contribution in [3.8, 4) is 11.5 Å². The van der Waals surface area contributed by atoms with Crippen LogP contribution in [0.2, 0.25) is 0 Å². The molecule has 0 aromatic heterocycles. The lowest BCUT2D eigenvalue weighted by molar-refractivity contribution is 0.268. The quantitative estimate of drug-likeness (QED) is 0.841. The van der Waals surface area contributed by atoms with Crippen LogP contribution in [0.1, 0.15) is 44.4 Å². The molecule has 0 heterocycles. The molecule has 0 aliphatic rings. The largest absolute Gasteiger partial charge is 0.507 e. The van der Waals surface area contributed by atoms with Crippen LogP contribution < -0.4 is 4.74 Å². The molecule has 96 valence electrons. The highest BCUT2D eigenvalue weighted by Crippen LogP contribution is 2.34. The van der Waals surface area contributed by atoms with Crippen LogP contribution in [0.15, 0.2) is 6.07 Å². The van der Waals surface area contributed by atoms with Gasteiger partial charge in [0.15, 0.2) is 0 Å². The lowest BCUT2D eigenvalue weighted by Gasteiger charge is -2.17. The minimum absolute atomic E-state index is 0.432. The number of ether oxygens (including phenoxy) is 1. The molecule has 1 rings (SSSR count). The Morgan fingerprint density at radius 1 is 1.24 bits per heavy atom. The summed E-state index contributed by atoms with van der Waals surface area (Å²) in [6, 6.07) is 1.99. The van der Waals surface area contributed by atoms with Crippen molar-refractivity contribution in [3.05, 3.63) is 22.8 Å². The predicted octanol–water partition coefficient (Wildman–Crippen LogP) is 3.86. The third-order valence-corrected chi connectivity index (χ3v) is 3.02. The van der Waals surface area contributed by atoms with Gasteiger partial charge in [-0.2, -0.15) is 0 Å². The lowest BCUT2D eigenvalue weighted by Crippen LogP contribution is -2.07. The highest BCUT2D eigenvalue weighted by Gasteiger charge is 2.13. The standard InChI is InChI=1S/C15H24O2/c1-6-12-8-14(17-9-10(3)4)13(7-2)11(5)15(12)16/h8,10,16H,6-7,9H2,1-5H3. The maximum Gasteiger partial charge on any atom is 0.123 e. The first-order chi connectivity index (χ1) is 8.01. The highest BCUT2D eigenvalue weighted by molar-refractivity contribution is 5.52. The average Bonchev–Trinajstić information content (AvgIpc) is 2.30. The van der Waals surface area contributed by atoms with Crippen LogP contribution >= 0.6 is 0 Å². The number of hydrogen-bond donors (Lipinski definition) is 1. The van der Waals surface area contributed by atoms with Gasteiger partial charge in [-0.05, 0) is 42.9 Å². The zero-order chi connectivity index (χ0) is 13.0. The van der Waals surface area contributed by atoms with E-state index in [0.717, 1.165) is 41.9 Å². The van der Waals surface area contributed by atoms with Crippen LogP contribution in [0.3, 0.4) is 0 Å². The second-order valence-corrected chi connectivity index (χ2v) is 4.90. The summed E-state index contributed by atoms with van der Waals surface area (Å²) in [7, 11) is 0. The Morgan fingerprint density at radius 3 is 2.35 bits per heavy atom. The van der Waals surface area contributed by atoms with E-state index in [2.05, 4.69) is 20.8 Å². The topological polar surface area (TPSA) is 29.5 Å². The number of phenols is 1. The van der Waals surface area contributed by atoms with Crippen molar-refractivity contribution in [2.75, 3.05) is 6.61 Å². The van der Waals surface area contributed by atoms with Crippen molar-refractivity contribution in [2.45, 2.75) is 47.5 Å². The van der Waals surface area contributed by atoms with Gasteiger partial charge in [-0.15, -0.1) is 0 Å². The molecule has 0 saturated carbocycles. The highest BCUT2D eigenvalue weighted by atomic mass is 16.5. The van der Waals surface area contributed by atoms with Gasteiger partial charge in [0.25, 0.3) is 0 Å². The Kier molecular flexibility index (Phi) is 4.86. The maximum atomic E-state index is 10.1. The van der Waals surface area contributed by atoms with E-state index in [1.165, 1.54) is 0 Å². The Morgan fingerprint density at radius 2 is 1.88 bits per heavy atom. The first kappa shape index (κ1) is 13.9. The van der Waals surface area contributed by atoms with Crippen molar-refractivity contribution >= 4 is 0 Å². The molecule has 0 fully saturated rings. The molecule has 2 heteroatoms. The van der Waals surface area contributed by atoms with Gasteiger partial charge in [0.2, 0.25) is 0 Å². The zero-order valence-corrected chi connectivity index (χ0v) is 11.6. The van der Waals surface area contributed by atoms with E-state index in [1.54, 1.807) is 0 Å². The molecule has 0 aliphatic carbocycles. The van der Waals surface area contributed by atoms with Crippen LogP contribution in [0, 0.1) is 12.8 Å². The average molecular weight is 236 g/mol. The fourth-order valence-corrected chi connectivity index (χ4v) is 1.98. The molecule has 0 aliphatic heterocycles. The Bertz CT molecular complexity index is 381. The molecule has 0 unspecified atom stereocenters. The van der Waals surface area contributed by atoms with Gasteiger partial charge in [-0.1, -0.05) is 27.7 Å². The van der Waals surface area contributed by atoms with E-state index in [4.69, 9.17) is 4.74 Å². The van der Waals surface area contributed by atoms with Gasteiger partial charge in [0.1, 0.15) is 11.5 Å². The van der Waals surface area contributed by atoms with Gasteiger partial charge in [-0.25, -0.2) is 0 Å². The number of aromatic hydroxyl groups is 1. The normalized spacial score (nSPS) is 10.9. The van der Waals surface area contributed by atoms with Gasteiger partial charge in [0.05, 0.1) is 6.61 Å². The minimum atomic E-state index is 0.432. The summed E-state index contributed by atoms with van der Waals surface area (Å²) in [5, 5.41) is 10.1. The summed E-state index contributed by atoms with van der Waals surface area (Å²) in [5.74, 6) is 1.88. The van der Waals surface area contributed by atoms with Crippen molar-refractivity contribution in [1.29, 1.82) is 0 Å². The molecular weight excluding hydrogens is 212 g/mol. The number of rotatable bonds is 5. The molecule has 0 spiro atoms. The van der Waals surface area contributed by atoms with Crippen molar-refractivity contribution in [2.24, 2.45) is 5.92 Å². The first-order valence-corrected chi connectivity index (χ1v) is 6.48. The molecule has 1 aromatic rings. The molecule has 0 amide bonds. The molecule has 0 atom stereocenters. The summed E-state index contributed by atoms with van der Waals surface area (Å²) in [6.07, 6.45) is 1.71. The van der Waals surface area contributed by atoms with Crippen LogP contribution in [0.5, 0.6) is 11.5 Å². The van der Waals surface area contributed by atoms with E-state index in [9.17, 15) is 5.11 Å². The third-order valence-electron chi connectivity index (χ3n) is 3.02. The zero-order valence-electron chi connectivity index (χ0n) is 11.6. The Hall–Kier alpha value is -1.18. The molecule has 17 heavy (non-hydrogen) atoms. The van der Waals surface area contributed by atoms with Crippen LogP contribution in [0.4, 0.5) is 0 Å². The summed E-state index contributed by atoms with van der Waals surface area (Å²) >= 11 is 0. The lowest BCUT2D eigenvalue weighted by atomic mass is 9.99. The van der Waals surface area contributed by atoms with Gasteiger partial charge >= 0.3 is 0 Å². The number of benzene rings is 1. The Balaban J connectivity index is 3.13. The second kappa shape index (κ2) is 5.95. The fourth-order valence-electron chi connectivity index (χ4n) is 1.98. The van der Waals surface area contributed by atoms with E-state index in [0.29, 0.717) is 11.7 Å². The monoisotopic (exact) mass is 236 g/mol. The smallest absolute Gasteiger partial charge is 0.123 e. The molecule has 0 radical (unpaired) electrons. The number of aryl methyl sites for hydroxylation is 1. The van der Waals surface area contributed by atoms with Crippen LogP contribution in [-0.2, 0) is 12.8 Å². The first-order valence-electron chi connectivity index (χ1n) is 6.48. The Labute approximate surface area is 105 Å². The molecule has 2 nitrogen and oxygen atoms in total. The fraction of sp³-hybridized carbons (Fsp3) is 0.600. The maximum absolute atomic E-state index is 10.1. The summed E-state index contributed by atoms with van der Waals surface area (Å²) < 4.78 is 5.86. The predicted molar refractivity (Wildman–Crippen MR) is 71.9 cm³/mol. The molecular formula is C15H24O2. The van der Waals surface area contributed by atoms with Crippen LogP contribution in [0.25, 0.3) is 0 Å². The van der Waals surface area contributed by atoms with E-state index >= 15 is 0 Å². The van der Waals surface area contributed by atoms with Crippen molar-refractivity contribution in [1.82, 2.24) is 0 Å². The minimum Gasteiger partial charge on any atom is -0.507 e. The molecule has 0 saturated heterocycles. The molecule has 1 aromatic carbocycles. The van der Waals surface area contributed by atoms with Crippen LogP contribution in [-0.4, -0.2) is 11.7 Å². The van der Waals surface area contributed by atoms with Gasteiger partial charge in [-0.3, -0.25) is 0 Å².